The number of aryl methyl sites for hydroxylation is 2. The summed E-state index contributed by atoms with van der Waals surface area (Å²) in [5, 5.41) is 14.4. The second kappa shape index (κ2) is 25.2. The molecule has 6 amide bonds. The molecule has 0 spiro atoms. The molecule has 2 saturated carbocycles. The summed E-state index contributed by atoms with van der Waals surface area (Å²) in [5.74, 6) is 1.87. The molecule has 7 unspecified atom stereocenters. The molecule has 388 valence electrons. The first-order chi connectivity index (χ1) is 32.3. The van der Waals surface area contributed by atoms with Gasteiger partial charge in [0.2, 0.25) is 5.95 Å². The van der Waals surface area contributed by atoms with Crippen LogP contribution in [0.3, 0.4) is 0 Å². The molecule has 69 heavy (non-hydrogen) atoms. The predicted octanol–water partition coefficient (Wildman–Crippen LogP) is 10.0. The number of nitrogens with one attached hydrogen (secondary N) is 7. The molecule has 2 heterocycles. The highest BCUT2D eigenvalue weighted by atomic mass is 16.6. The van der Waals surface area contributed by atoms with Crippen LogP contribution in [0, 0.1) is 53.3 Å². The van der Waals surface area contributed by atoms with Gasteiger partial charge in [0.05, 0.1) is 13.2 Å². The zero-order valence-corrected chi connectivity index (χ0v) is 44.0. The Morgan fingerprint density at radius 2 is 1.29 bits per heavy atom. The molecule has 2 aliphatic carbocycles. The van der Waals surface area contributed by atoms with E-state index in [1.807, 2.05) is 7.05 Å². The van der Waals surface area contributed by atoms with Gasteiger partial charge in [-0.05, 0) is 111 Å². The van der Waals surface area contributed by atoms with E-state index in [1.165, 1.54) is 18.2 Å². The van der Waals surface area contributed by atoms with Crippen LogP contribution in [0.25, 0.3) is 0 Å². The van der Waals surface area contributed by atoms with E-state index < -0.39 is 18.2 Å². The monoisotopic (exact) mass is 966 g/mol. The summed E-state index contributed by atoms with van der Waals surface area (Å²) in [7, 11) is 1.82. The van der Waals surface area contributed by atoms with Gasteiger partial charge in [-0.3, -0.25) is 25.2 Å². The number of carbonyl (C=O) groups excluding carboxylic acids is 4. The molecule has 2 fully saturated rings. The van der Waals surface area contributed by atoms with Crippen molar-refractivity contribution in [2.24, 2.45) is 39.4 Å². The minimum Gasteiger partial charge on any atom is -0.450 e. The number of H-pyrrole nitrogens is 2. The van der Waals surface area contributed by atoms with E-state index in [9.17, 15) is 28.8 Å². The summed E-state index contributed by atoms with van der Waals surface area (Å²) >= 11 is 0. The largest absolute Gasteiger partial charge is 0.450 e. The SMILES string of the molecule is CCC(CCOC(=O)N(C)C1CC(C)(C)CC(C)(CNC(=O)Nc2nc(C)cc(=O)[nH]2)C1)CCC(CC)CC(CC)CCOC(=O)NC1CC(C)(C)CC(C)(CNC(=O)Nc2cc(=O)cc(C)[nH]2)C1. The first-order valence-corrected chi connectivity index (χ1v) is 25.5. The maximum absolute atomic E-state index is 13.4. The predicted molar refractivity (Wildman–Crippen MR) is 273 cm³/mol. The number of hydrogen-bond acceptors (Lipinski definition) is 9. The zero-order chi connectivity index (χ0) is 51.2. The fourth-order valence-electron chi connectivity index (χ4n) is 11.7. The number of amides is 6. The van der Waals surface area contributed by atoms with Gasteiger partial charge in [0, 0.05) is 61.8 Å². The molecule has 17 nitrogen and oxygen atoms in total. The number of carbonyl (C=O) groups is 4. The Morgan fingerprint density at radius 3 is 1.91 bits per heavy atom. The Hall–Kier alpha value is -5.09. The van der Waals surface area contributed by atoms with Crippen molar-refractivity contribution in [3.63, 3.8) is 0 Å². The van der Waals surface area contributed by atoms with Crippen LogP contribution in [-0.2, 0) is 9.47 Å². The first kappa shape index (κ1) is 56.5. The van der Waals surface area contributed by atoms with Crippen molar-refractivity contribution in [1.29, 1.82) is 0 Å². The number of aromatic amines is 2. The molecule has 7 N–H and O–H groups in total. The topological polar surface area (TPSA) is 229 Å². The highest BCUT2D eigenvalue weighted by molar-refractivity contribution is 5.88. The van der Waals surface area contributed by atoms with E-state index in [2.05, 4.69) is 104 Å². The summed E-state index contributed by atoms with van der Waals surface area (Å²) in [6.45, 7) is 24.7. The molecule has 2 aromatic rings. The molecule has 2 aromatic heterocycles. The fraction of sp³-hybridized carbons (Fsp3) is 0.750. The third-order valence-corrected chi connectivity index (χ3v) is 14.6. The number of hydrogen-bond donors (Lipinski definition) is 7. The van der Waals surface area contributed by atoms with Crippen molar-refractivity contribution in [3.05, 3.63) is 50.2 Å². The molecule has 2 aliphatic rings. The summed E-state index contributed by atoms with van der Waals surface area (Å²) in [6, 6.07) is 3.18. The van der Waals surface area contributed by atoms with Crippen LogP contribution >= 0.6 is 0 Å². The number of ether oxygens (including phenoxy) is 2. The number of nitrogens with zero attached hydrogens (tertiary/aromatic N) is 2. The number of anilines is 2. The van der Waals surface area contributed by atoms with Crippen molar-refractivity contribution >= 4 is 36.0 Å². The van der Waals surface area contributed by atoms with Gasteiger partial charge in [-0.25, -0.2) is 24.2 Å². The molecule has 0 aromatic carbocycles. The van der Waals surface area contributed by atoms with Gasteiger partial charge < -0.3 is 35.3 Å². The lowest BCUT2D eigenvalue weighted by molar-refractivity contribution is 0.0196. The maximum Gasteiger partial charge on any atom is 0.409 e. The second-order valence-electron chi connectivity index (χ2n) is 23.0. The van der Waals surface area contributed by atoms with E-state index in [-0.39, 0.29) is 56.8 Å². The van der Waals surface area contributed by atoms with Crippen LogP contribution < -0.4 is 37.6 Å². The Labute approximate surface area is 411 Å². The van der Waals surface area contributed by atoms with Crippen molar-refractivity contribution < 1.29 is 28.7 Å². The smallest absolute Gasteiger partial charge is 0.409 e. The van der Waals surface area contributed by atoms with Crippen molar-refractivity contribution in [2.75, 3.05) is 44.0 Å². The van der Waals surface area contributed by atoms with Gasteiger partial charge >= 0.3 is 24.2 Å². The number of alkyl carbamates (subject to hydrolysis) is 1. The van der Waals surface area contributed by atoms with Crippen molar-refractivity contribution in [1.82, 2.24) is 35.8 Å². The summed E-state index contributed by atoms with van der Waals surface area (Å²) in [4.78, 5) is 87.2. The highest BCUT2D eigenvalue weighted by Crippen LogP contribution is 2.48. The second-order valence-corrected chi connectivity index (χ2v) is 23.0. The molecular weight excluding hydrogens is 879 g/mol. The number of aromatic nitrogens is 3. The van der Waals surface area contributed by atoms with Crippen LogP contribution in [-0.4, -0.2) is 89.5 Å². The van der Waals surface area contributed by atoms with Gasteiger partial charge in [-0.15, -0.1) is 0 Å². The zero-order valence-electron chi connectivity index (χ0n) is 44.0. The molecule has 17 heteroatoms. The fourth-order valence-corrected chi connectivity index (χ4v) is 11.7. The van der Waals surface area contributed by atoms with Crippen LogP contribution in [0.15, 0.2) is 27.8 Å². The van der Waals surface area contributed by atoms with Crippen LogP contribution in [0.1, 0.15) is 164 Å². The first-order valence-electron chi connectivity index (χ1n) is 25.5. The third-order valence-electron chi connectivity index (χ3n) is 14.6. The minimum atomic E-state index is -0.452. The van der Waals surface area contributed by atoms with E-state index >= 15 is 0 Å². The molecule has 0 radical (unpaired) electrons. The number of urea groups is 2. The van der Waals surface area contributed by atoms with Gasteiger partial charge in [-0.1, -0.05) is 94.4 Å². The lowest BCUT2D eigenvalue weighted by Crippen LogP contribution is -2.51. The van der Waals surface area contributed by atoms with Gasteiger partial charge in [-0.2, -0.15) is 0 Å². The van der Waals surface area contributed by atoms with E-state index in [0.29, 0.717) is 74.1 Å². The lowest BCUT2D eigenvalue weighted by atomic mass is 9.62. The quantitative estimate of drug-likeness (QED) is 0.0595. The molecule has 4 rings (SSSR count). The minimum absolute atomic E-state index is 0.0535. The summed E-state index contributed by atoms with van der Waals surface area (Å²) in [6.07, 6.45) is 12.0. The van der Waals surface area contributed by atoms with Crippen LogP contribution in [0.2, 0.25) is 0 Å². The van der Waals surface area contributed by atoms with Crippen molar-refractivity contribution in [3.8, 4) is 0 Å². The summed E-state index contributed by atoms with van der Waals surface area (Å²) < 4.78 is 11.7. The number of pyridine rings is 1. The lowest BCUT2D eigenvalue weighted by Gasteiger charge is -2.48. The summed E-state index contributed by atoms with van der Waals surface area (Å²) in [5.41, 5.74) is -0.0174. The average molecular weight is 966 g/mol. The van der Waals surface area contributed by atoms with Crippen LogP contribution in [0.5, 0.6) is 0 Å². The Balaban J connectivity index is 1.16. The standard InChI is InChI=1S/C52H87N9O8/c1-13-36(18-21-69-48(67)61(12)40-28-50(8,9)31-52(11,29-40)33-54-46(65)60-44-56-35(5)23-43(63)59-44)16-17-37(14-2)24-38(15-3)19-20-68-47(66)57-39-26-49(6,7)30-51(10,27-39)32-53-45(64)58-42-25-41(62)22-34(4)55-42/h22-23,25,36-40H,13-21,24,26-33H2,1-12H3,(H,57,66)(H3,53,55,58,62,64)(H3,54,56,59,60,63,65). The Morgan fingerprint density at radius 1 is 0.725 bits per heavy atom. The molecular formula is C52H87N9O8. The van der Waals surface area contributed by atoms with Crippen LogP contribution in [0.4, 0.5) is 30.9 Å². The van der Waals surface area contributed by atoms with E-state index in [0.717, 1.165) is 77.0 Å². The van der Waals surface area contributed by atoms with Gasteiger partial charge in [0.25, 0.3) is 5.56 Å². The molecule has 0 aliphatic heterocycles. The molecule has 7 atom stereocenters. The normalized spacial score (nSPS) is 23.1. The Bertz CT molecular complexity index is 2140. The molecule has 0 bridgehead atoms. The maximum atomic E-state index is 13.4. The van der Waals surface area contributed by atoms with E-state index in [1.54, 1.807) is 18.7 Å². The van der Waals surface area contributed by atoms with Gasteiger partial charge in [0.15, 0.2) is 5.43 Å². The molecule has 0 saturated heterocycles. The highest BCUT2D eigenvalue weighted by Gasteiger charge is 2.44. The van der Waals surface area contributed by atoms with E-state index in [4.69, 9.17) is 9.47 Å². The van der Waals surface area contributed by atoms with Crippen molar-refractivity contribution in [2.45, 2.75) is 178 Å². The van der Waals surface area contributed by atoms with Gasteiger partial charge in [0.1, 0.15) is 5.82 Å². The Kier molecular flexibility index (Phi) is 20.6. The third kappa shape index (κ3) is 19.3. The number of rotatable bonds is 22. The average Bonchev–Trinajstić information content (AvgIpc) is 3.22.